The zero-order chi connectivity index (χ0) is 16.8. The highest BCUT2D eigenvalue weighted by Crippen LogP contribution is 2.37. The first-order chi connectivity index (χ1) is 11.1. The van der Waals surface area contributed by atoms with Gasteiger partial charge in [0.2, 0.25) is 5.88 Å². The Hall–Kier alpha value is -1.99. The molecule has 0 saturated heterocycles. The van der Waals surface area contributed by atoms with E-state index in [0.717, 1.165) is 30.0 Å². The zero-order valence-electron chi connectivity index (χ0n) is 13.8. The molecule has 1 aromatic carbocycles. The van der Waals surface area contributed by atoms with Crippen LogP contribution in [0.4, 0.5) is 0 Å². The third-order valence-electron chi connectivity index (χ3n) is 3.97. The van der Waals surface area contributed by atoms with Crippen LogP contribution in [-0.4, -0.2) is 9.78 Å². The minimum atomic E-state index is 0.296. The number of aromatic nitrogens is 2. The van der Waals surface area contributed by atoms with Crippen LogP contribution in [0.25, 0.3) is 0 Å². The molecular formula is C18H22ClN3O. The monoisotopic (exact) mass is 331 g/mol. The maximum atomic E-state index is 9.11. The molecule has 0 aliphatic heterocycles. The second-order valence-corrected chi connectivity index (χ2v) is 5.83. The Labute approximate surface area is 142 Å². The molecule has 0 fully saturated rings. The van der Waals surface area contributed by atoms with Crippen LogP contribution in [0.5, 0.6) is 11.6 Å². The summed E-state index contributed by atoms with van der Waals surface area (Å²) in [6, 6.07) is 9.55. The molecule has 0 aliphatic carbocycles. The van der Waals surface area contributed by atoms with E-state index >= 15 is 0 Å². The van der Waals surface area contributed by atoms with Gasteiger partial charge in [0, 0.05) is 17.1 Å². The second-order valence-electron chi connectivity index (χ2n) is 5.39. The van der Waals surface area contributed by atoms with Gasteiger partial charge in [-0.05, 0) is 43.9 Å². The molecule has 0 N–H and O–H groups in total. The first-order valence-electron chi connectivity index (χ1n) is 8.04. The van der Waals surface area contributed by atoms with Crippen molar-refractivity contribution >= 4 is 11.6 Å². The first-order valence-corrected chi connectivity index (χ1v) is 8.42. The number of halogens is 1. The average Bonchev–Trinajstić information content (AvgIpc) is 2.87. The summed E-state index contributed by atoms with van der Waals surface area (Å²) in [4.78, 5) is 0. The van der Waals surface area contributed by atoms with E-state index < -0.39 is 0 Å². The van der Waals surface area contributed by atoms with Crippen molar-refractivity contribution in [1.29, 1.82) is 5.26 Å². The van der Waals surface area contributed by atoms with Gasteiger partial charge in [0.25, 0.3) is 0 Å². The van der Waals surface area contributed by atoms with Crippen LogP contribution in [0.2, 0.25) is 5.02 Å². The van der Waals surface area contributed by atoms with Crippen molar-refractivity contribution in [3.8, 4) is 17.7 Å². The maximum Gasteiger partial charge on any atom is 0.221 e. The van der Waals surface area contributed by atoms with Gasteiger partial charge in [0.05, 0.1) is 18.2 Å². The molecule has 122 valence electrons. The Morgan fingerprint density at radius 3 is 2.61 bits per heavy atom. The first kappa shape index (κ1) is 17.4. The van der Waals surface area contributed by atoms with Crippen LogP contribution >= 0.6 is 11.6 Å². The van der Waals surface area contributed by atoms with Crippen LogP contribution in [-0.2, 0) is 13.0 Å². The molecule has 4 nitrogen and oxygen atoms in total. The minimum Gasteiger partial charge on any atom is -0.439 e. The fourth-order valence-electron chi connectivity index (χ4n) is 2.78. The largest absolute Gasteiger partial charge is 0.439 e. The molecule has 0 bridgehead atoms. The summed E-state index contributed by atoms with van der Waals surface area (Å²) in [5, 5.41) is 14.3. The Morgan fingerprint density at radius 1 is 1.30 bits per heavy atom. The zero-order valence-corrected chi connectivity index (χ0v) is 14.6. The van der Waals surface area contributed by atoms with Gasteiger partial charge >= 0.3 is 0 Å². The van der Waals surface area contributed by atoms with Crippen LogP contribution < -0.4 is 4.74 Å². The maximum absolute atomic E-state index is 9.11. The summed E-state index contributed by atoms with van der Waals surface area (Å²) in [6.07, 6.45) is 2.26. The summed E-state index contributed by atoms with van der Waals surface area (Å²) in [7, 11) is 0. The topological polar surface area (TPSA) is 50.8 Å². The second kappa shape index (κ2) is 8.03. The van der Waals surface area contributed by atoms with Crippen molar-refractivity contribution in [2.75, 3.05) is 0 Å². The number of hydrogen-bond acceptors (Lipinski definition) is 3. The predicted octanol–water partition coefficient (Wildman–Crippen LogP) is 5.32. The van der Waals surface area contributed by atoms with Crippen molar-refractivity contribution in [2.24, 2.45) is 0 Å². The highest BCUT2D eigenvalue weighted by molar-refractivity contribution is 6.30. The average molecular weight is 332 g/mol. The Morgan fingerprint density at radius 2 is 2.04 bits per heavy atom. The molecule has 0 amide bonds. The van der Waals surface area contributed by atoms with Gasteiger partial charge in [-0.2, -0.15) is 10.4 Å². The third kappa shape index (κ3) is 3.86. The number of nitrogens with zero attached hydrogens (tertiary/aromatic N) is 3. The van der Waals surface area contributed by atoms with E-state index in [4.69, 9.17) is 21.6 Å². The lowest BCUT2D eigenvalue weighted by Crippen LogP contribution is -2.03. The SMILES string of the molecule is CCC(CC)c1c(CC#N)nn(CC)c1Oc1cccc(Cl)c1. The fourth-order valence-corrected chi connectivity index (χ4v) is 2.96. The van der Waals surface area contributed by atoms with Crippen LogP contribution in [0.3, 0.4) is 0 Å². The van der Waals surface area contributed by atoms with Crippen molar-refractivity contribution in [3.63, 3.8) is 0 Å². The van der Waals surface area contributed by atoms with Gasteiger partial charge in [-0.15, -0.1) is 0 Å². The van der Waals surface area contributed by atoms with Crippen LogP contribution in [0, 0.1) is 11.3 Å². The molecule has 1 heterocycles. The molecule has 0 atom stereocenters. The lowest BCUT2D eigenvalue weighted by molar-refractivity contribution is 0.407. The number of nitriles is 1. The van der Waals surface area contributed by atoms with E-state index in [1.807, 2.05) is 29.8 Å². The minimum absolute atomic E-state index is 0.296. The van der Waals surface area contributed by atoms with Gasteiger partial charge in [0.1, 0.15) is 5.75 Å². The van der Waals surface area contributed by atoms with Crippen LogP contribution in [0.15, 0.2) is 24.3 Å². The molecular weight excluding hydrogens is 310 g/mol. The number of rotatable bonds is 7. The number of hydrogen-bond donors (Lipinski definition) is 0. The van der Waals surface area contributed by atoms with Gasteiger partial charge in [-0.25, -0.2) is 4.68 Å². The quantitative estimate of drug-likeness (QED) is 0.690. The van der Waals surface area contributed by atoms with Gasteiger partial charge in [-0.1, -0.05) is 31.5 Å². The van der Waals surface area contributed by atoms with Crippen molar-refractivity contribution in [3.05, 3.63) is 40.5 Å². The molecule has 2 rings (SSSR count). The van der Waals surface area contributed by atoms with Crippen molar-refractivity contribution in [2.45, 2.75) is 52.5 Å². The summed E-state index contributed by atoms with van der Waals surface area (Å²) < 4.78 is 7.97. The van der Waals surface area contributed by atoms with Crippen LogP contribution in [0.1, 0.15) is 50.8 Å². The molecule has 0 aliphatic rings. The van der Waals surface area contributed by atoms with E-state index in [-0.39, 0.29) is 0 Å². The van der Waals surface area contributed by atoms with E-state index in [0.29, 0.717) is 29.7 Å². The number of benzene rings is 1. The normalized spacial score (nSPS) is 10.8. The molecule has 1 aromatic heterocycles. The van der Waals surface area contributed by atoms with E-state index in [1.165, 1.54) is 0 Å². The molecule has 0 unspecified atom stereocenters. The lowest BCUT2D eigenvalue weighted by atomic mass is 9.93. The number of aryl methyl sites for hydroxylation is 1. The fraction of sp³-hybridized carbons (Fsp3) is 0.444. The van der Waals surface area contributed by atoms with Gasteiger partial charge in [0.15, 0.2) is 0 Å². The predicted molar refractivity (Wildman–Crippen MR) is 92.1 cm³/mol. The highest BCUT2D eigenvalue weighted by atomic mass is 35.5. The summed E-state index contributed by atoms with van der Waals surface area (Å²) in [5.41, 5.74) is 1.87. The third-order valence-corrected chi connectivity index (χ3v) is 4.20. The van der Waals surface area contributed by atoms with E-state index in [1.54, 1.807) is 6.07 Å². The molecule has 2 aromatic rings. The molecule has 0 spiro atoms. The smallest absolute Gasteiger partial charge is 0.221 e. The van der Waals surface area contributed by atoms with Crippen molar-refractivity contribution in [1.82, 2.24) is 9.78 Å². The summed E-state index contributed by atoms with van der Waals surface area (Å²) in [5.74, 6) is 1.74. The Bertz CT molecular complexity index is 699. The standard InChI is InChI=1S/C18H22ClN3O/c1-4-13(5-2)17-16(10-11-20)21-22(6-3)18(17)23-15-9-7-8-14(19)12-15/h7-9,12-13H,4-6,10H2,1-3H3. The summed E-state index contributed by atoms with van der Waals surface area (Å²) >= 11 is 6.05. The van der Waals surface area contributed by atoms with Crippen molar-refractivity contribution < 1.29 is 4.74 Å². The van der Waals surface area contributed by atoms with Gasteiger partial charge in [-0.3, -0.25) is 0 Å². The summed E-state index contributed by atoms with van der Waals surface area (Å²) in [6.45, 7) is 7.01. The van der Waals surface area contributed by atoms with E-state index in [2.05, 4.69) is 25.0 Å². The Balaban J connectivity index is 2.52. The molecule has 23 heavy (non-hydrogen) atoms. The molecule has 0 saturated carbocycles. The lowest BCUT2D eigenvalue weighted by Gasteiger charge is -2.16. The highest BCUT2D eigenvalue weighted by Gasteiger charge is 2.24. The van der Waals surface area contributed by atoms with E-state index in [9.17, 15) is 0 Å². The molecule has 0 radical (unpaired) electrons. The Kier molecular flexibility index (Phi) is 6.06. The number of ether oxygens (including phenoxy) is 1. The van der Waals surface area contributed by atoms with Gasteiger partial charge < -0.3 is 4.74 Å². The molecule has 5 heteroatoms.